The molecule has 1 amide bonds. The van der Waals surface area contributed by atoms with Crippen molar-refractivity contribution in [3.05, 3.63) is 46.2 Å². The van der Waals surface area contributed by atoms with Gasteiger partial charge in [0.25, 0.3) is 0 Å². The van der Waals surface area contributed by atoms with Crippen molar-refractivity contribution in [2.24, 2.45) is 0 Å². The molecule has 0 atom stereocenters. The first-order chi connectivity index (χ1) is 11.5. The van der Waals surface area contributed by atoms with E-state index in [2.05, 4.69) is 43.7 Å². The van der Waals surface area contributed by atoms with E-state index in [1.54, 1.807) is 0 Å². The van der Waals surface area contributed by atoms with Gasteiger partial charge in [0.2, 0.25) is 5.91 Å². The summed E-state index contributed by atoms with van der Waals surface area (Å²) in [7, 11) is 0. The highest BCUT2D eigenvalue weighted by Crippen LogP contribution is 2.43. The van der Waals surface area contributed by atoms with Crippen LogP contribution in [0.4, 0.5) is 0 Å². The topological polar surface area (TPSA) is 97.1 Å². The Kier molecular flexibility index (Phi) is 4.66. The number of carboxylic acid groups (broad SMARTS) is 1. The minimum absolute atomic E-state index is 0.00898. The quantitative estimate of drug-likeness (QED) is 0.782. The first-order valence-electron chi connectivity index (χ1n) is 7.65. The maximum Gasteiger partial charge on any atom is 0.358 e. The van der Waals surface area contributed by atoms with Gasteiger partial charge in [-0.15, -0.1) is 5.10 Å². The molecule has 8 heteroatoms. The normalized spacial score (nSPS) is 15.5. The molecule has 0 aliphatic heterocycles. The van der Waals surface area contributed by atoms with Crippen LogP contribution in [0.25, 0.3) is 0 Å². The molecule has 1 aromatic carbocycles. The fourth-order valence-corrected chi connectivity index (χ4v) is 3.18. The van der Waals surface area contributed by atoms with Gasteiger partial charge in [0.15, 0.2) is 5.69 Å². The number of amides is 1. The van der Waals surface area contributed by atoms with E-state index >= 15 is 0 Å². The summed E-state index contributed by atoms with van der Waals surface area (Å²) in [4.78, 5) is 22.9. The van der Waals surface area contributed by atoms with Crippen LogP contribution in [-0.4, -0.2) is 38.5 Å². The van der Waals surface area contributed by atoms with Gasteiger partial charge in [-0.3, -0.25) is 4.79 Å². The summed E-state index contributed by atoms with van der Waals surface area (Å²) >= 11 is 3.44. The zero-order valence-electron chi connectivity index (χ0n) is 12.9. The fourth-order valence-electron chi connectivity index (χ4n) is 2.92. The van der Waals surface area contributed by atoms with E-state index in [0.29, 0.717) is 6.54 Å². The van der Waals surface area contributed by atoms with Crippen molar-refractivity contribution < 1.29 is 14.7 Å². The number of carbonyl (C=O) groups is 2. The van der Waals surface area contributed by atoms with E-state index in [9.17, 15) is 9.59 Å². The number of rotatable bonds is 6. The van der Waals surface area contributed by atoms with E-state index < -0.39 is 5.97 Å². The predicted molar refractivity (Wildman–Crippen MR) is 89.7 cm³/mol. The lowest BCUT2D eigenvalue weighted by atomic mass is 9.64. The van der Waals surface area contributed by atoms with Gasteiger partial charge >= 0.3 is 5.97 Å². The fraction of sp³-hybridized carbons (Fsp3) is 0.375. The summed E-state index contributed by atoms with van der Waals surface area (Å²) in [5.41, 5.74) is 1.05. The number of hydrogen-bond donors (Lipinski definition) is 2. The number of hydrogen-bond acceptors (Lipinski definition) is 4. The lowest BCUT2D eigenvalue weighted by Gasteiger charge is -2.42. The van der Waals surface area contributed by atoms with Crippen LogP contribution >= 0.6 is 15.9 Å². The number of aromatic carboxylic acids is 1. The maximum absolute atomic E-state index is 12.1. The first kappa shape index (κ1) is 16.6. The van der Waals surface area contributed by atoms with Gasteiger partial charge < -0.3 is 10.4 Å². The van der Waals surface area contributed by atoms with E-state index in [1.807, 2.05) is 12.1 Å². The molecule has 2 N–H and O–H groups in total. The Morgan fingerprint density at radius 2 is 2.00 bits per heavy atom. The summed E-state index contributed by atoms with van der Waals surface area (Å²) in [6.45, 7) is 0.519. The number of benzene rings is 1. The van der Waals surface area contributed by atoms with Crippen LogP contribution in [0.1, 0.15) is 35.3 Å². The molecule has 7 nitrogen and oxygen atoms in total. The third-order valence-corrected chi connectivity index (χ3v) is 4.98. The molecule has 24 heavy (non-hydrogen) atoms. The Balaban J connectivity index is 1.60. The van der Waals surface area contributed by atoms with E-state index in [0.717, 1.165) is 23.7 Å². The summed E-state index contributed by atoms with van der Waals surface area (Å²) < 4.78 is 2.26. The van der Waals surface area contributed by atoms with E-state index in [1.165, 1.54) is 16.4 Å². The first-order valence-corrected chi connectivity index (χ1v) is 8.44. The summed E-state index contributed by atoms with van der Waals surface area (Å²) in [5, 5.41) is 18.9. The lowest BCUT2D eigenvalue weighted by molar-refractivity contribution is -0.122. The molecule has 0 unspecified atom stereocenters. The molecule has 3 rings (SSSR count). The van der Waals surface area contributed by atoms with Gasteiger partial charge in [0.05, 0.1) is 6.20 Å². The molecular weight excluding hydrogens is 376 g/mol. The molecule has 1 saturated carbocycles. The second-order valence-corrected chi connectivity index (χ2v) is 6.94. The molecule has 1 fully saturated rings. The monoisotopic (exact) mass is 392 g/mol. The SMILES string of the molecule is O=C(Cn1cc(C(=O)O)nn1)NCC1(c2ccc(Br)cc2)CCC1. The third kappa shape index (κ3) is 3.48. The van der Waals surface area contributed by atoms with Crippen molar-refractivity contribution in [1.29, 1.82) is 0 Å². The smallest absolute Gasteiger partial charge is 0.358 e. The van der Waals surface area contributed by atoms with Crippen LogP contribution in [0, 0.1) is 0 Å². The highest BCUT2D eigenvalue weighted by molar-refractivity contribution is 9.10. The van der Waals surface area contributed by atoms with Crippen LogP contribution in [-0.2, 0) is 16.8 Å². The van der Waals surface area contributed by atoms with E-state index in [-0.39, 0.29) is 23.6 Å². The van der Waals surface area contributed by atoms with Crippen molar-refractivity contribution in [3.63, 3.8) is 0 Å². The largest absolute Gasteiger partial charge is 0.476 e. The highest BCUT2D eigenvalue weighted by atomic mass is 79.9. The minimum Gasteiger partial charge on any atom is -0.476 e. The van der Waals surface area contributed by atoms with Crippen LogP contribution in [0.5, 0.6) is 0 Å². The maximum atomic E-state index is 12.1. The second-order valence-electron chi connectivity index (χ2n) is 6.02. The third-order valence-electron chi connectivity index (χ3n) is 4.45. The van der Waals surface area contributed by atoms with Gasteiger partial charge in [0, 0.05) is 16.4 Å². The van der Waals surface area contributed by atoms with Crippen LogP contribution in [0.2, 0.25) is 0 Å². The summed E-state index contributed by atoms with van der Waals surface area (Å²) in [5.74, 6) is -1.37. The zero-order valence-corrected chi connectivity index (χ0v) is 14.5. The Bertz CT molecular complexity index is 753. The van der Waals surface area contributed by atoms with Crippen molar-refractivity contribution in [2.75, 3.05) is 6.54 Å². The molecular formula is C16H17BrN4O3. The van der Waals surface area contributed by atoms with Crippen LogP contribution in [0.15, 0.2) is 34.9 Å². The van der Waals surface area contributed by atoms with Crippen LogP contribution < -0.4 is 5.32 Å². The number of nitrogens with one attached hydrogen (secondary N) is 1. The highest BCUT2D eigenvalue weighted by Gasteiger charge is 2.38. The standard InChI is InChI=1S/C16H17BrN4O3/c17-12-4-2-11(3-5-12)16(6-1-7-16)10-18-14(22)9-21-8-13(15(23)24)19-20-21/h2-5,8H,1,6-7,9-10H2,(H,18,22)(H,23,24). The molecule has 0 saturated heterocycles. The molecule has 126 valence electrons. The van der Waals surface area contributed by atoms with Crippen molar-refractivity contribution in [2.45, 2.75) is 31.2 Å². The Morgan fingerprint density at radius 3 is 2.54 bits per heavy atom. The molecule has 0 radical (unpaired) electrons. The van der Waals surface area contributed by atoms with Gasteiger partial charge in [-0.2, -0.15) is 0 Å². The van der Waals surface area contributed by atoms with Gasteiger partial charge in [-0.25, -0.2) is 9.48 Å². The molecule has 1 aliphatic rings. The Hall–Kier alpha value is -2.22. The number of aromatic nitrogens is 3. The van der Waals surface area contributed by atoms with Gasteiger partial charge in [-0.1, -0.05) is 39.7 Å². The van der Waals surface area contributed by atoms with Gasteiger partial charge in [-0.05, 0) is 30.5 Å². The molecule has 0 spiro atoms. The second kappa shape index (κ2) is 6.72. The molecule has 0 bridgehead atoms. The average Bonchev–Trinajstić information content (AvgIpc) is 2.96. The van der Waals surface area contributed by atoms with Crippen molar-refractivity contribution in [3.8, 4) is 0 Å². The summed E-state index contributed by atoms with van der Waals surface area (Å²) in [6.07, 6.45) is 4.48. The van der Waals surface area contributed by atoms with Crippen molar-refractivity contribution in [1.82, 2.24) is 20.3 Å². The molecule has 1 heterocycles. The Morgan fingerprint density at radius 1 is 1.29 bits per heavy atom. The number of halogens is 1. The lowest BCUT2D eigenvalue weighted by Crippen LogP contribution is -2.46. The number of carboxylic acids is 1. The number of nitrogens with zero attached hydrogens (tertiary/aromatic N) is 3. The average molecular weight is 393 g/mol. The number of carbonyl (C=O) groups excluding carboxylic acids is 1. The molecule has 1 aliphatic carbocycles. The zero-order chi connectivity index (χ0) is 17.2. The Labute approximate surface area is 147 Å². The minimum atomic E-state index is -1.16. The predicted octanol–water partition coefficient (Wildman–Crippen LogP) is 1.98. The molecule has 2 aromatic rings. The molecule has 1 aromatic heterocycles. The summed E-state index contributed by atoms with van der Waals surface area (Å²) in [6, 6.07) is 8.21. The van der Waals surface area contributed by atoms with Crippen LogP contribution in [0.3, 0.4) is 0 Å². The van der Waals surface area contributed by atoms with Crippen molar-refractivity contribution >= 4 is 27.8 Å². The van der Waals surface area contributed by atoms with Gasteiger partial charge in [0.1, 0.15) is 6.54 Å². The van der Waals surface area contributed by atoms with E-state index in [4.69, 9.17) is 5.11 Å².